The molecule has 0 radical (unpaired) electrons. The number of halogens is 1. The fourth-order valence-electron chi connectivity index (χ4n) is 1.78. The Morgan fingerprint density at radius 3 is 2.38 bits per heavy atom. The Hall–Kier alpha value is -1.61. The highest BCUT2D eigenvalue weighted by Gasteiger charge is 2.03. The van der Waals surface area contributed by atoms with Gasteiger partial charge in [0, 0.05) is 5.39 Å². The first-order valence-electron chi connectivity index (χ1n) is 4.86. The van der Waals surface area contributed by atoms with E-state index in [0.29, 0.717) is 10.1 Å². The molecule has 0 saturated carbocycles. The zero-order valence-electron chi connectivity index (χ0n) is 8.24. The molecule has 2 aromatic carbocycles. The summed E-state index contributed by atoms with van der Waals surface area (Å²) < 4.78 is 5.65. The molecule has 1 aromatic heterocycles. The molecule has 0 aliphatic carbocycles. The fraction of sp³-hybridized carbons (Fsp3) is 0. The maximum atomic E-state index is 11.4. The predicted octanol–water partition coefficient (Wildman–Crippen LogP) is 3.71. The molecule has 0 fully saturated rings. The molecule has 0 atom stereocenters. The molecule has 0 bridgehead atoms. The van der Waals surface area contributed by atoms with Crippen molar-refractivity contribution in [3.63, 3.8) is 0 Å². The molecule has 0 unspecified atom stereocenters. The Morgan fingerprint density at radius 2 is 1.62 bits per heavy atom. The van der Waals surface area contributed by atoms with E-state index in [1.165, 1.54) is 0 Å². The summed E-state index contributed by atoms with van der Waals surface area (Å²) in [6, 6.07) is 13.7. The maximum absolute atomic E-state index is 11.4. The van der Waals surface area contributed by atoms with Crippen LogP contribution in [0.3, 0.4) is 0 Å². The van der Waals surface area contributed by atoms with E-state index >= 15 is 0 Å². The number of hydrogen-bond acceptors (Lipinski definition) is 2. The Balaban J connectivity index is 2.51. The van der Waals surface area contributed by atoms with Crippen molar-refractivity contribution < 1.29 is 4.42 Å². The van der Waals surface area contributed by atoms with Gasteiger partial charge in [-0.25, -0.2) is 4.79 Å². The standard InChI is InChI=1S/C13H7BrO2/c14-11-6-10-5-8-3-1-2-4-9(8)7-12(10)16-13(11)15/h1-7H. The smallest absolute Gasteiger partial charge is 0.350 e. The lowest BCUT2D eigenvalue weighted by Crippen LogP contribution is -1.98. The van der Waals surface area contributed by atoms with Crippen LogP contribution < -0.4 is 5.63 Å². The summed E-state index contributed by atoms with van der Waals surface area (Å²) in [4.78, 5) is 11.4. The Kier molecular flexibility index (Phi) is 2.07. The highest BCUT2D eigenvalue weighted by atomic mass is 79.9. The van der Waals surface area contributed by atoms with E-state index in [-0.39, 0.29) is 5.63 Å². The second kappa shape index (κ2) is 3.46. The maximum Gasteiger partial charge on any atom is 0.350 e. The molecule has 0 saturated heterocycles. The van der Waals surface area contributed by atoms with Crippen molar-refractivity contribution in [2.45, 2.75) is 0 Å². The van der Waals surface area contributed by atoms with Crippen molar-refractivity contribution in [3.8, 4) is 0 Å². The Bertz CT molecular complexity index is 744. The van der Waals surface area contributed by atoms with Crippen LogP contribution in [0.25, 0.3) is 21.7 Å². The van der Waals surface area contributed by atoms with E-state index < -0.39 is 0 Å². The van der Waals surface area contributed by atoms with Gasteiger partial charge >= 0.3 is 5.63 Å². The predicted molar refractivity (Wildman–Crippen MR) is 67.7 cm³/mol. The van der Waals surface area contributed by atoms with E-state index in [1.54, 1.807) is 6.07 Å². The molecule has 3 aromatic rings. The minimum atomic E-state index is -0.345. The summed E-state index contributed by atoms with van der Waals surface area (Å²) in [6.45, 7) is 0. The van der Waals surface area contributed by atoms with Gasteiger partial charge in [0.15, 0.2) is 0 Å². The summed E-state index contributed by atoms with van der Waals surface area (Å²) in [5, 5.41) is 3.13. The third-order valence-electron chi connectivity index (χ3n) is 2.56. The summed E-state index contributed by atoms with van der Waals surface area (Å²) >= 11 is 3.17. The number of rotatable bonds is 0. The molecule has 3 rings (SSSR count). The topological polar surface area (TPSA) is 30.2 Å². The first-order chi connectivity index (χ1) is 7.74. The molecule has 16 heavy (non-hydrogen) atoms. The van der Waals surface area contributed by atoms with Gasteiger partial charge in [-0.2, -0.15) is 0 Å². The van der Waals surface area contributed by atoms with Crippen molar-refractivity contribution in [2.75, 3.05) is 0 Å². The molecular formula is C13H7BrO2. The van der Waals surface area contributed by atoms with Gasteiger partial charge in [-0.15, -0.1) is 0 Å². The number of hydrogen-bond donors (Lipinski definition) is 0. The third kappa shape index (κ3) is 1.44. The van der Waals surface area contributed by atoms with Gasteiger partial charge in [0.1, 0.15) is 10.1 Å². The molecule has 0 N–H and O–H groups in total. The molecule has 0 aliphatic heterocycles. The lowest BCUT2D eigenvalue weighted by Gasteiger charge is -2.00. The van der Waals surface area contributed by atoms with Gasteiger partial charge in [-0.3, -0.25) is 0 Å². The van der Waals surface area contributed by atoms with E-state index in [2.05, 4.69) is 15.9 Å². The van der Waals surface area contributed by atoms with Crippen LogP contribution in [0.5, 0.6) is 0 Å². The molecular weight excluding hydrogens is 268 g/mol. The molecule has 0 spiro atoms. The van der Waals surface area contributed by atoms with E-state index in [1.807, 2.05) is 36.4 Å². The van der Waals surface area contributed by atoms with Crippen LogP contribution in [-0.2, 0) is 0 Å². The summed E-state index contributed by atoms with van der Waals surface area (Å²) in [6.07, 6.45) is 0. The van der Waals surface area contributed by atoms with Crippen molar-refractivity contribution in [3.05, 3.63) is 57.4 Å². The summed E-state index contributed by atoms with van der Waals surface area (Å²) in [7, 11) is 0. The average Bonchev–Trinajstić information content (AvgIpc) is 2.28. The monoisotopic (exact) mass is 274 g/mol. The normalized spacial score (nSPS) is 11.1. The minimum Gasteiger partial charge on any atom is -0.422 e. The van der Waals surface area contributed by atoms with Crippen molar-refractivity contribution >= 4 is 37.7 Å². The van der Waals surface area contributed by atoms with Crippen molar-refractivity contribution in [1.82, 2.24) is 0 Å². The van der Waals surface area contributed by atoms with Gasteiger partial charge in [0.2, 0.25) is 0 Å². The van der Waals surface area contributed by atoms with Crippen LogP contribution in [0.15, 0.2) is 56.1 Å². The van der Waals surface area contributed by atoms with Gasteiger partial charge in [-0.05, 0) is 44.9 Å². The first-order valence-corrected chi connectivity index (χ1v) is 5.65. The number of benzene rings is 2. The molecule has 0 aliphatic rings. The zero-order valence-corrected chi connectivity index (χ0v) is 9.82. The van der Waals surface area contributed by atoms with Crippen molar-refractivity contribution in [2.24, 2.45) is 0 Å². The molecule has 2 nitrogen and oxygen atoms in total. The van der Waals surface area contributed by atoms with Crippen LogP contribution in [0.4, 0.5) is 0 Å². The van der Waals surface area contributed by atoms with Crippen LogP contribution in [0, 0.1) is 0 Å². The third-order valence-corrected chi connectivity index (χ3v) is 3.11. The lowest BCUT2D eigenvalue weighted by molar-refractivity contribution is 0.557. The largest absolute Gasteiger partial charge is 0.422 e. The van der Waals surface area contributed by atoms with Gasteiger partial charge < -0.3 is 4.42 Å². The lowest BCUT2D eigenvalue weighted by atomic mass is 10.1. The van der Waals surface area contributed by atoms with Crippen LogP contribution in [0.1, 0.15) is 0 Å². The van der Waals surface area contributed by atoms with Gasteiger partial charge in [-0.1, -0.05) is 24.3 Å². The van der Waals surface area contributed by atoms with Gasteiger partial charge in [0.05, 0.1) is 0 Å². The minimum absolute atomic E-state index is 0.345. The zero-order chi connectivity index (χ0) is 11.1. The molecule has 0 amide bonds. The summed E-state index contributed by atoms with van der Waals surface area (Å²) in [5.74, 6) is 0. The van der Waals surface area contributed by atoms with Crippen LogP contribution >= 0.6 is 15.9 Å². The van der Waals surface area contributed by atoms with Crippen LogP contribution in [0.2, 0.25) is 0 Å². The highest BCUT2D eigenvalue weighted by Crippen LogP contribution is 2.23. The average molecular weight is 275 g/mol. The highest BCUT2D eigenvalue weighted by molar-refractivity contribution is 9.10. The molecule has 1 heterocycles. The van der Waals surface area contributed by atoms with E-state index in [9.17, 15) is 4.79 Å². The van der Waals surface area contributed by atoms with Gasteiger partial charge in [0.25, 0.3) is 0 Å². The van der Waals surface area contributed by atoms with Crippen molar-refractivity contribution in [1.29, 1.82) is 0 Å². The SMILES string of the molecule is O=c1oc2cc3ccccc3cc2cc1Br. The summed E-state index contributed by atoms with van der Waals surface area (Å²) in [5.41, 5.74) is 0.273. The molecule has 78 valence electrons. The first kappa shape index (κ1) is 9.60. The second-order valence-electron chi connectivity index (χ2n) is 3.62. The second-order valence-corrected chi connectivity index (χ2v) is 4.47. The molecule has 3 heteroatoms. The quantitative estimate of drug-likeness (QED) is 0.462. The number of fused-ring (bicyclic) bond motifs is 2. The van der Waals surface area contributed by atoms with Crippen LogP contribution in [-0.4, -0.2) is 0 Å². The Morgan fingerprint density at radius 1 is 0.938 bits per heavy atom. The van der Waals surface area contributed by atoms with E-state index in [0.717, 1.165) is 16.2 Å². The fourth-order valence-corrected chi connectivity index (χ4v) is 2.11. The Labute approximate surface area is 99.6 Å². The van der Waals surface area contributed by atoms with E-state index in [4.69, 9.17) is 4.42 Å².